The van der Waals surface area contributed by atoms with Crippen molar-refractivity contribution in [1.29, 1.82) is 0 Å². The maximum absolute atomic E-state index is 5.04. The molecule has 6 nitrogen and oxygen atoms in total. The lowest BCUT2D eigenvalue weighted by molar-refractivity contribution is 0.136. The van der Waals surface area contributed by atoms with E-state index in [9.17, 15) is 0 Å². The van der Waals surface area contributed by atoms with E-state index in [1.54, 1.807) is 7.11 Å². The third kappa shape index (κ3) is 11.1. The minimum atomic E-state index is 0. The van der Waals surface area contributed by atoms with Gasteiger partial charge >= 0.3 is 0 Å². The summed E-state index contributed by atoms with van der Waals surface area (Å²) in [6, 6.07) is 0. The largest absolute Gasteiger partial charge is 0.383 e. The Kier molecular flexibility index (Phi) is 15.3. The summed E-state index contributed by atoms with van der Waals surface area (Å²) >= 11 is 0. The fourth-order valence-corrected chi connectivity index (χ4v) is 2.58. The van der Waals surface area contributed by atoms with Crippen LogP contribution in [0.3, 0.4) is 0 Å². The number of nitrogens with one attached hydrogen (secondary N) is 2. The molecule has 1 heterocycles. The van der Waals surface area contributed by atoms with Crippen LogP contribution in [0.5, 0.6) is 0 Å². The minimum Gasteiger partial charge on any atom is -0.383 e. The number of unbranched alkanes of at least 4 members (excludes halogenated alkanes) is 1. The molecule has 138 valence electrons. The molecule has 0 saturated carbocycles. The van der Waals surface area contributed by atoms with Crippen molar-refractivity contribution in [2.24, 2.45) is 4.99 Å². The fourth-order valence-electron chi connectivity index (χ4n) is 2.58. The van der Waals surface area contributed by atoms with Gasteiger partial charge in [-0.05, 0) is 32.9 Å². The van der Waals surface area contributed by atoms with Crippen LogP contribution in [0.4, 0.5) is 0 Å². The average molecular weight is 441 g/mol. The number of piperazine rings is 1. The summed E-state index contributed by atoms with van der Waals surface area (Å²) in [5, 5.41) is 6.53. The molecule has 0 unspecified atom stereocenters. The normalized spacial score (nSPS) is 16.9. The van der Waals surface area contributed by atoms with Crippen LogP contribution in [0.2, 0.25) is 0 Å². The van der Waals surface area contributed by atoms with Gasteiger partial charge in [0.15, 0.2) is 5.96 Å². The molecule has 2 N–H and O–H groups in total. The zero-order chi connectivity index (χ0) is 16.0. The van der Waals surface area contributed by atoms with Gasteiger partial charge in [-0.3, -0.25) is 4.99 Å². The Hall–Kier alpha value is -0.120. The molecule has 1 rings (SSSR count). The summed E-state index contributed by atoms with van der Waals surface area (Å²) in [5.74, 6) is 0.899. The first kappa shape index (κ1) is 22.9. The minimum absolute atomic E-state index is 0. The van der Waals surface area contributed by atoms with Crippen molar-refractivity contribution >= 4 is 29.9 Å². The molecule has 0 aromatic heterocycles. The summed E-state index contributed by atoms with van der Waals surface area (Å²) in [4.78, 5) is 9.71. The van der Waals surface area contributed by atoms with Crippen molar-refractivity contribution in [1.82, 2.24) is 20.4 Å². The number of nitrogens with zero attached hydrogens (tertiary/aromatic N) is 3. The lowest BCUT2D eigenvalue weighted by Gasteiger charge is -2.33. The molecule has 0 bridgehead atoms. The average Bonchev–Trinajstić information content (AvgIpc) is 2.55. The highest BCUT2D eigenvalue weighted by atomic mass is 127. The third-order valence-corrected chi connectivity index (χ3v) is 4.01. The number of likely N-dealkylation sites (N-methyl/N-ethyl adjacent to an activating group) is 1. The predicted octanol–water partition coefficient (Wildman–Crippen LogP) is 1.22. The highest BCUT2D eigenvalue weighted by Crippen LogP contribution is 2.03. The van der Waals surface area contributed by atoms with Crippen LogP contribution < -0.4 is 10.6 Å². The Balaban J connectivity index is 0.00000484. The second kappa shape index (κ2) is 15.4. The van der Waals surface area contributed by atoms with E-state index in [4.69, 9.17) is 4.74 Å². The van der Waals surface area contributed by atoms with Gasteiger partial charge in [0.25, 0.3) is 0 Å². The van der Waals surface area contributed by atoms with Crippen molar-refractivity contribution in [2.75, 3.05) is 72.6 Å². The van der Waals surface area contributed by atoms with Crippen LogP contribution in [0.15, 0.2) is 4.99 Å². The Morgan fingerprint density at radius 1 is 1.04 bits per heavy atom. The first-order valence-corrected chi connectivity index (χ1v) is 8.76. The van der Waals surface area contributed by atoms with E-state index in [1.807, 2.05) is 0 Å². The highest BCUT2D eigenvalue weighted by molar-refractivity contribution is 14.0. The molecule has 1 aliphatic rings. The lowest BCUT2D eigenvalue weighted by Crippen LogP contribution is -2.46. The topological polar surface area (TPSA) is 52.1 Å². The lowest BCUT2D eigenvalue weighted by atomic mass is 10.2. The highest BCUT2D eigenvalue weighted by Gasteiger charge is 2.14. The third-order valence-electron chi connectivity index (χ3n) is 4.01. The number of hydrogen-bond donors (Lipinski definition) is 2. The van der Waals surface area contributed by atoms with Gasteiger partial charge in [0.2, 0.25) is 0 Å². The van der Waals surface area contributed by atoms with Gasteiger partial charge in [0.1, 0.15) is 0 Å². The first-order valence-electron chi connectivity index (χ1n) is 8.76. The molecular weight excluding hydrogens is 405 g/mol. The van der Waals surface area contributed by atoms with Crippen molar-refractivity contribution in [3.05, 3.63) is 0 Å². The number of halogens is 1. The number of ether oxygens (including phenoxy) is 1. The molecule has 0 aromatic rings. The van der Waals surface area contributed by atoms with Gasteiger partial charge in [-0.2, -0.15) is 0 Å². The second-order valence-corrected chi connectivity index (χ2v) is 5.66. The van der Waals surface area contributed by atoms with E-state index in [0.29, 0.717) is 6.61 Å². The molecule has 1 aliphatic heterocycles. The van der Waals surface area contributed by atoms with Crippen LogP contribution in [0.25, 0.3) is 0 Å². The van der Waals surface area contributed by atoms with E-state index < -0.39 is 0 Å². The first-order chi connectivity index (χ1) is 10.8. The van der Waals surface area contributed by atoms with E-state index >= 15 is 0 Å². The Labute approximate surface area is 159 Å². The van der Waals surface area contributed by atoms with Gasteiger partial charge in [0, 0.05) is 52.9 Å². The standard InChI is InChI=1S/C16H35N5O.HI/c1-4-17-16(19-9-15-22-3)18-8-6-7-10-21-13-11-20(5-2)12-14-21;/h4-15H2,1-3H3,(H2,17,18,19);1H. The number of rotatable bonds is 10. The van der Waals surface area contributed by atoms with E-state index in [-0.39, 0.29) is 24.0 Å². The zero-order valence-corrected chi connectivity index (χ0v) is 17.5. The maximum Gasteiger partial charge on any atom is 0.191 e. The number of guanidine groups is 1. The van der Waals surface area contributed by atoms with Crippen LogP contribution in [0.1, 0.15) is 26.7 Å². The quantitative estimate of drug-likeness (QED) is 0.231. The fraction of sp³-hybridized carbons (Fsp3) is 0.938. The molecule has 0 amide bonds. The molecule has 23 heavy (non-hydrogen) atoms. The number of aliphatic imine (C=N–C) groups is 1. The van der Waals surface area contributed by atoms with E-state index in [2.05, 4.69) is 39.3 Å². The van der Waals surface area contributed by atoms with E-state index in [1.165, 1.54) is 45.7 Å². The summed E-state index contributed by atoms with van der Waals surface area (Å²) in [7, 11) is 1.71. The Bertz CT molecular complexity index is 296. The summed E-state index contributed by atoms with van der Waals surface area (Å²) in [6.07, 6.45) is 2.38. The molecule has 1 fully saturated rings. The number of methoxy groups -OCH3 is 1. The van der Waals surface area contributed by atoms with Crippen molar-refractivity contribution in [3.63, 3.8) is 0 Å². The molecule has 0 radical (unpaired) electrons. The van der Waals surface area contributed by atoms with Gasteiger partial charge in [-0.25, -0.2) is 0 Å². The van der Waals surface area contributed by atoms with Gasteiger partial charge in [0.05, 0.1) is 6.61 Å². The van der Waals surface area contributed by atoms with E-state index in [0.717, 1.165) is 32.0 Å². The van der Waals surface area contributed by atoms with Gasteiger partial charge in [-0.1, -0.05) is 6.92 Å². The van der Waals surface area contributed by atoms with Crippen molar-refractivity contribution in [3.8, 4) is 0 Å². The van der Waals surface area contributed by atoms with Crippen molar-refractivity contribution < 1.29 is 4.74 Å². The van der Waals surface area contributed by atoms with Gasteiger partial charge in [-0.15, -0.1) is 24.0 Å². The molecule has 0 spiro atoms. The van der Waals surface area contributed by atoms with Gasteiger partial charge < -0.3 is 25.2 Å². The maximum atomic E-state index is 5.04. The molecule has 0 atom stereocenters. The summed E-state index contributed by atoms with van der Waals surface area (Å²) in [5.41, 5.74) is 0. The van der Waals surface area contributed by atoms with Crippen LogP contribution in [-0.2, 0) is 4.74 Å². The monoisotopic (exact) mass is 441 g/mol. The Morgan fingerprint density at radius 3 is 2.35 bits per heavy atom. The molecule has 1 saturated heterocycles. The molecule has 0 aromatic carbocycles. The van der Waals surface area contributed by atoms with Crippen LogP contribution in [-0.4, -0.2) is 88.4 Å². The van der Waals surface area contributed by atoms with Crippen LogP contribution >= 0.6 is 24.0 Å². The van der Waals surface area contributed by atoms with Crippen molar-refractivity contribution in [2.45, 2.75) is 26.7 Å². The smallest absolute Gasteiger partial charge is 0.191 e. The second-order valence-electron chi connectivity index (χ2n) is 5.66. The molecule has 0 aliphatic carbocycles. The SMILES string of the molecule is CCNC(=NCCCCN1CCN(CC)CC1)NCCOC.I. The summed E-state index contributed by atoms with van der Waals surface area (Å²) in [6.45, 7) is 14.9. The number of hydrogen-bond acceptors (Lipinski definition) is 4. The molecule has 7 heteroatoms. The zero-order valence-electron chi connectivity index (χ0n) is 15.1. The molecular formula is C16H36IN5O. The van der Waals surface area contributed by atoms with Crippen LogP contribution in [0, 0.1) is 0 Å². The summed E-state index contributed by atoms with van der Waals surface area (Å²) < 4.78 is 5.04. The Morgan fingerprint density at radius 2 is 1.74 bits per heavy atom. The predicted molar refractivity (Wildman–Crippen MR) is 109 cm³/mol.